The van der Waals surface area contributed by atoms with Gasteiger partial charge in [0.25, 0.3) is 0 Å². The molecule has 0 saturated heterocycles. The van der Waals surface area contributed by atoms with E-state index in [2.05, 4.69) is 36.1 Å². The number of anilines is 1. The molecular formula is C19H23NO. The van der Waals surface area contributed by atoms with Crippen molar-refractivity contribution in [3.8, 4) is 0 Å². The maximum absolute atomic E-state index is 12.4. The monoisotopic (exact) mass is 281 g/mol. The number of benzene rings is 2. The summed E-state index contributed by atoms with van der Waals surface area (Å²) in [5, 5.41) is 0. The first-order valence-corrected chi connectivity index (χ1v) is 7.51. The van der Waals surface area contributed by atoms with Gasteiger partial charge in [-0.15, -0.1) is 0 Å². The molecule has 2 rings (SSSR count). The van der Waals surface area contributed by atoms with Crippen molar-refractivity contribution in [3.05, 3.63) is 65.7 Å². The Morgan fingerprint density at radius 1 is 1.05 bits per heavy atom. The summed E-state index contributed by atoms with van der Waals surface area (Å²) in [6.45, 7) is 4.87. The van der Waals surface area contributed by atoms with E-state index < -0.39 is 0 Å². The van der Waals surface area contributed by atoms with Gasteiger partial charge in [0.1, 0.15) is 0 Å². The molecule has 0 aliphatic heterocycles. The molecule has 1 unspecified atom stereocenters. The average Bonchev–Trinajstić information content (AvgIpc) is 2.55. The highest BCUT2D eigenvalue weighted by Gasteiger charge is 2.17. The van der Waals surface area contributed by atoms with Gasteiger partial charge < -0.3 is 4.90 Å². The summed E-state index contributed by atoms with van der Waals surface area (Å²) in [4.78, 5) is 14.5. The van der Waals surface area contributed by atoms with E-state index in [0.29, 0.717) is 0 Å². The van der Waals surface area contributed by atoms with E-state index in [1.165, 1.54) is 5.56 Å². The van der Waals surface area contributed by atoms with E-state index in [1.807, 2.05) is 44.3 Å². The summed E-state index contributed by atoms with van der Waals surface area (Å²) in [6.07, 6.45) is 1.05. The first-order chi connectivity index (χ1) is 10.1. The van der Waals surface area contributed by atoms with Gasteiger partial charge in [-0.3, -0.25) is 4.79 Å². The van der Waals surface area contributed by atoms with Crippen LogP contribution in [0.1, 0.15) is 29.8 Å². The van der Waals surface area contributed by atoms with Crippen molar-refractivity contribution in [2.24, 2.45) is 5.92 Å². The first kappa shape index (κ1) is 15.3. The molecule has 0 bridgehead atoms. The Balaban J connectivity index is 2.01. The van der Waals surface area contributed by atoms with Crippen molar-refractivity contribution >= 4 is 11.5 Å². The highest BCUT2D eigenvalue weighted by molar-refractivity contribution is 5.97. The van der Waals surface area contributed by atoms with E-state index in [9.17, 15) is 4.79 Å². The number of carbonyl (C=O) groups excluding carboxylic acids is 1. The number of Topliss-reactive ketones (excluding diaryl/α,β-unsaturated/α-hetero) is 1. The van der Waals surface area contributed by atoms with Crippen LogP contribution in [0.4, 0.5) is 5.69 Å². The van der Waals surface area contributed by atoms with Gasteiger partial charge in [-0.2, -0.15) is 0 Å². The third kappa shape index (κ3) is 3.94. The van der Waals surface area contributed by atoms with Gasteiger partial charge in [0.2, 0.25) is 0 Å². The van der Waals surface area contributed by atoms with Crippen LogP contribution >= 0.6 is 0 Å². The number of hydrogen-bond acceptors (Lipinski definition) is 2. The molecule has 0 saturated carbocycles. The van der Waals surface area contributed by atoms with Crippen molar-refractivity contribution < 1.29 is 4.79 Å². The lowest BCUT2D eigenvalue weighted by molar-refractivity contribution is 0.0933. The predicted octanol–water partition coefficient (Wildman–Crippen LogP) is 4.20. The van der Waals surface area contributed by atoms with Gasteiger partial charge in [0.15, 0.2) is 5.78 Å². The van der Waals surface area contributed by atoms with Crippen molar-refractivity contribution in [1.29, 1.82) is 0 Å². The number of carbonyl (C=O) groups is 1. The molecule has 2 aromatic carbocycles. The molecule has 1 atom stereocenters. The molecule has 0 N–H and O–H groups in total. The molecule has 0 aliphatic rings. The Kier molecular flexibility index (Phi) is 5.15. The van der Waals surface area contributed by atoms with Crippen molar-refractivity contribution in [3.63, 3.8) is 0 Å². The number of hydrogen-bond donors (Lipinski definition) is 0. The van der Waals surface area contributed by atoms with Crippen LogP contribution in [0, 0.1) is 5.92 Å². The molecule has 0 radical (unpaired) electrons. The van der Waals surface area contributed by atoms with Crippen molar-refractivity contribution in [2.75, 3.05) is 18.5 Å². The van der Waals surface area contributed by atoms with Crippen LogP contribution in [0.2, 0.25) is 0 Å². The van der Waals surface area contributed by atoms with Crippen LogP contribution in [0.25, 0.3) is 0 Å². The summed E-state index contributed by atoms with van der Waals surface area (Å²) in [5.74, 6) is 0.177. The Bertz CT molecular complexity index is 574. The molecule has 0 heterocycles. The molecule has 0 amide bonds. The summed E-state index contributed by atoms with van der Waals surface area (Å²) < 4.78 is 0. The summed E-state index contributed by atoms with van der Waals surface area (Å²) in [7, 11) is 2.04. The van der Waals surface area contributed by atoms with Gasteiger partial charge >= 0.3 is 0 Å². The van der Waals surface area contributed by atoms with E-state index in [4.69, 9.17) is 0 Å². The smallest absolute Gasteiger partial charge is 0.167 e. The second-order valence-electron chi connectivity index (χ2n) is 5.53. The van der Waals surface area contributed by atoms with Gasteiger partial charge in [-0.1, -0.05) is 56.3 Å². The van der Waals surface area contributed by atoms with E-state index in [-0.39, 0.29) is 11.7 Å². The highest BCUT2D eigenvalue weighted by atomic mass is 16.1. The maximum Gasteiger partial charge on any atom is 0.167 e. The SMILES string of the molecule is CCc1ccc(N(C)CC(C)C(=O)c2ccccc2)cc1. The highest BCUT2D eigenvalue weighted by Crippen LogP contribution is 2.17. The number of aryl methyl sites for hydroxylation is 1. The van der Waals surface area contributed by atoms with Crippen molar-refractivity contribution in [1.82, 2.24) is 0 Å². The largest absolute Gasteiger partial charge is 0.374 e. The van der Waals surface area contributed by atoms with Gasteiger partial charge in [0.05, 0.1) is 0 Å². The normalized spacial score (nSPS) is 12.0. The Hall–Kier alpha value is -2.09. The zero-order chi connectivity index (χ0) is 15.2. The van der Waals surface area contributed by atoms with Gasteiger partial charge in [0, 0.05) is 30.8 Å². The fourth-order valence-corrected chi connectivity index (χ4v) is 2.47. The topological polar surface area (TPSA) is 20.3 Å². The zero-order valence-corrected chi connectivity index (χ0v) is 13.0. The summed E-state index contributed by atoms with van der Waals surface area (Å²) in [5.41, 5.74) is 3.28. The van der Waals surface area contributed by atoms with Crippen LogP contribution in [-0.2, 0) is 6.42 Å². The first-order valence-electron chi connectivity index (χ1n) is 7.51. The van der Waals surface area contributed by atoms with Crippen molar-refractivity contribution in [2.45, 2.75) is 20.3 Å². The second kappa shape index (κ2) is 7.07. The molecular weight excluding hydrogens is 258 g/mol. The maximum atomic E-state index is 12.4. The number of rotatable bonds is 6. The van der Waals surface area contributed by atoms with Gasteiger partial charge in [-0.25, -0.2) is 0 Å². The minimum atomic E-state index is -0.0248. The third-order valence-corrected chi connectivity index (χ3v) is 3.84. The lowest BCUT2D eigenvalue weighted by Gasteiger charge is -2.23. The number of nitrogens with zero attached hydrogens (tertiary/aromatic N) is 1. The lowest BCUT2D eigenvalue weighted by atomic mass is 9.99. The van der Waals surface area contributed by atoms with Crippen LogP contribution in [0.3, 0.4) is 0 Å². The van der Waals surface area contributed by atoms with Crippen LogP contribution in [-0.4, -0.2) is 19.4 Å². The molecule has 2 heteroatoms. The fourth-order valence-electron chi connectivity index (χ4n) is 2.47. The Morgan fingerprint density at radius 2 is 1.67 bits per heavy atom. The minimum absolute atomic E-state index is 0.0248. The standard InChI is InChI=1S/C19H23NO/c1-4-16-10-12-18(13-11-16)20(3)14-15(2)19(21)17-8-6-5-7-9-17/h5-13,15H,4,14H2,1-3H3. The third-order valence-electron chi connectivity index (χ3n) is 3.84. The van der Waals surface area contributed by atoms with Gasteiger partial charge in [-0.05, 0) is 24.1 Å². The molecule has 0 fully saturated rings. The molecule has 0 aliphatic carbocycles. The molecule has 2 nitrogen and oxygen atoms in total. The molecule has 2 aromatic rings. The van der Waals surface area contributed by atoms with E-state index in [1.54, 1.807) is 0 Å². The fraction of sp³-hybridized carbons (Fsp3) is 0.316. The lowest BCUT2D eigenvalue weighted by Crippen LogP contribution is -2.28. The molecule has 110 valence electrons. The summed E-state index contributed by atoms with van der Waals surface area (Å²) >= 11 is 0. The van der Waals surface area contributed by atoms with E-state index in [0.717, 1.165) is 24.2 Å². The Morgan fingerprint density at radius 3 is 2.24 bits per heavy atom. The molecule has 0 spiro atoms. The van der Waals surface area contributed by atoms with Crippen LogP contribution < -0.4 is 4.90 Å². The number of ketones is 1. The van der Waals surface area contributed by atoms with Crippen LogP contribution in [0.5, 0.6) is 0 Å². The quantitative estimate of drug-likeness (QED) is 0.739. The predicted molar refractivity (Wildman–Crippen MR) is 89.0 cm³/mol. The van der Waals surface area contributed by atoms with Crippen LogP contribution in [0.15, 0.2) is 54.6 Å². The zero-order valence-electron chi connectivity index (χ0n) is 13.0. The Labute approximate surface area is 127 Å². The average molecular weight is 281 g/mol. The molecule has 21 heavy (non-hydrogen) atoms. The molecule has 0 aromatic heterocycles. The summed E-state index contributed by atoms with van der Waals surface area (Å²) in [6, 6.07) is 18.1. The minimum Gasteiger partial charge on any atom is -0.374 e. The second-order valence-corrected chi connectivity index (χ2v) is 5.53. The van der Waals surface area contributed by atoms with E-state index >= 15 is 0 Å².